The summed E-state index contributed by atoms with van der Waals surface area (Å²) in [6.07, 6.45) is 0.253. The summed E-state index contributed by atoms with van der Waals surface area (Å²) >= 11 is 4.95. The maximum Gasteiger partial charge on any atom is 0.365 e. The first-order chi connectivity index (χ1) is 7.70. The second-order valence-electron chi connectivity index (χ2n) is 3.69. The average molecular weight is 264 g/mol. The van der Waals surface area contributed by atoms with Crippen molar-refractivity contribution in [1.82, 2.24) is 4.98 Å². The van der Waals surface area contributed by atoms with Crippen LogP contribution in [0.25, 0.3) is 0 Å². The highest BCUT2D eigenvalue weighted by Crippen LogP contribution is 2.35. The third kappa shape index (κ3) is 2.54. The van der Waals surface area contributed by atoms with Crippen LogP contribution in [0.5, 0.6) is 0 Å². The van der Waals surface area contributed by atoms with E-state index in [1.165, 1.54) is 13.8 Å². The third-order valence-electron chi connectivity index (χ3n) is 2.65. The number of carboxylic acid groups (broad SMARTS) is 1. The standard InChI is InChI=1S/C11H12ClF2NO2/c1-4-7-8(10(16)17)5(2)6(3)9(15-7)11(12,13)14/h4H2,1-3H3,(H,16,17). The monoisotopic (exact) mass is 263 g/mol. The average Bonchev–Trinajstić information content (AvgIpc) is 2.19. The van der Waals surface area contributed by atoms with Crippen LogP contribution in [0, 0.1) is 13.8 Å². The molecule has 0 amide bonds. The Kier molecular flexibility index (Phi) is 3.71. The van der Waals surface area contributed by atoms with Crippen LogP contribution < -0.4 is 0 Å². The molecule has 0 fully saturated rings. The third-order valence-corrected chi connectivity index (χ3v) is 2.82. The molecule has 0 aliphatic carbocycles. The van der Waals surface area contributed by atoms with Gasteiger partial charge in [0.2, 0.25) is 0 Å². The van der Waals surface area contributed by atoms with Gasteiger partial charge in [0.1, 0.15) is 5.69 Å². The van der Waals surface area contributed by atoms with Gasteiger partial charge in [-0.15, -0.1) is 0 Å². The summed E-state index contributed by atoms with van der Waals surface area (Å²) < 4.78 is 26.2. The molecule has 1 aromatic heterocycles. The van der Waals surface area contributed by atoms with E-state index in [0.29, 0.717) is 0 Å². The van der Waals surface area contributed by atoms with Crippen molar-refractivity contribution in [2.45, 2.75) is 32.6 Å². The van der Waals surface area contributed by atoms with Crippen LogP contribution in [0.2, 0.25) is 0 Å². The summed E-state index contributed by atoms with van der Waals surface area (Å²) in [4.78, 5) is 14.7. The Morgan fingerprint density at radius 3 is 2.29 bits per heavy atom. The summed E-state index contributed by atoms with van der Waals surface area (Å²) in [5.74, 6) is -1.17. The van der Waals surface area contributed by atoms with Gasteiger partial charge in [-0.25, -0.2) is 9.78 Å². The molecule has 1 aromatic rings. The number of aromatic carboxylic acids is 1. The van der Waals surface area contributed by atoms with E-state index in [2.05, 4.69) is 4.98 Å². The number of aryl methyl sites for hydroxylation is 1. The van der Waals surface area contributed by atoms with Gasteiger partial charge >= 0.3 is 11.4 Å². The highest BCUT2D eigenvalue weighted by Gasteiger charge is 2.34. The Morgan fingerprint density at radius 1 is 1.41 bits per heavy atom. The van der Waals surface area contributed by atoms with Gasteiger partial charge in [0.15, 0.2) is 0 Å². The molecule has 17 heavy (non-hydrogen) atoms. The zero-order valence-corrected chi connectivity index (χ0v) is 10.4. The molecule has 0 aliphatic rings. The summed E-state index contributed by atoms with van der Waals surface area (Å²) in [6.45, 7) is 4.52. The van der Waals surface area contributed by atoms with Crippen LogP contribution in [0.1, 0.15) is 39.8 Å². The molecule has 1 N–H and O–H groups in total. The minimum atomic E-state index is -3.59. The summed E-state index contributed by atoms with van der Waals surface area (Å²) in [5.41, 5.74) is -0.0802. The molecule has 0 aromatic carbocycles. The van der Waals surface area contributed by atoms with Gasteiger partial charge in [-0.2, -0.15) is 8.78 Å². The predicted molar refractivity (Wildman–Crippen MR) is 59.8 cm³/mol. The summed E-state index contributed by atoms with van der Waals surface area (Å²) in [6, 6.07) is 0. The molecule has 94 valence electrons. The van der Waals surface area contributed by atoms with Crippen molar-refractivity contribution >= 4 is 17.6 Å². The molecule has 6 heteroatoms. The maximum absolute atomic E-state index is 13.1. The number of carboxylic acids is 1. The molecule has 0 bridgehead atoms. The molecule has 0 spiro atoms. The quantitative estimate of drug-likeness (QED) is 0.852. The largest absolute Gasteiger partial charge is 0.478 e. The van der Waals surface area contributed by atoms with Gasteiger partial charge in [-0.1, -0.05) is 6.92 Å². The van der Waals surface area contributed by atoms with Crippen LogP contribution >= 0.6 is 11.6 Å². The van der Waals surface area contributed by atoms with Gasteiger partial charge in [0.05, 0.1) is 11.3 Å². The zero-order chi connectivity index (χ0) is 13.4. The normalized spacial score (nSPS) is 11.6. The van der Waals surface area contributed by atoms with Crippen molar-refractivity contribution in [2.24, 2.45) is 0 Å². The van der Waals surface area contributed by atoms with E-state index in [-0.39, 0.29) is 28.8 Å². The van der Waals surface area contributed by atoms with E-state index >= 15 is 0 Å². The second kappa shape index (κ2) is 4.56. The molecule has 0 saturated heterocycles. The fourth-order valence-electron chi connectivity index (χ4n) is 1.67. The van der Waals surface area contributed by atoms with Crippen molar-refractivity contribution < 1.29 is 18.7 Å². The first kappa shape index (κ1) is 13.8. The van der Waals surface area contributed by atoms with Gasteiger partial charge in [-0.05, 0) is 43.0 Å². The Balaban J connectivity index is 3.63. The number of rotatable bonds is 3. The lowest BCUT2D eigenvalue weighted by Crippen LogP contribution is -2.17. The summed E-state index contributed by atoms with van der Waals surface area (Å²) in [7, 11) is 0. The van der Waals surface area contributed by atoms with Crippen LogP contribution in [-0.2, 0) is 11.8 Å². The molecular weight excluding hydrogens is 252 g/mol. The lowest BCUT2D eigenvalue weighted by molar-refractivity contribution is 0.0690. The minimum absolute atomic E-state index is 0.0188. The topological polar surface area (TPSA) is 50.2 Å². The van der Waals surface area contributed by atoms with Crippen LogP contribution in [0.15, 0.2) is 0 Å². The molecule has 0 unspecified atom stereocenters. The number of nitrogens with zero attached hydrogens (tertiary/aromatic N) is 1. The predicted octanol–water partition coefficient (Wildman–Crippen LogP) is 3.25. The smallest absolute Gasteiger partial charge is 0.365 e. The highest BCUT2D eigenvalue weighted by atomic mass is 35.5. The van der Waals surface area contributed by atoms with Crippen LogP contribution in [0.4, 0.5) is 8.78 Å². The fraction of sp³-hybridized carbons (Fsp3) is 0.455. The van der Waals surface area contributed by atoms with Crippen LogP contribution in [0.3, 0.4) is 0 Å². The molecule has 1 heterocycles. The molecule has 1 rings (SSSR count). The highest BCUT2D eigenvalue weighted by molar-refractivity contribution is 6.21. The van der Waals surface area contributed by atoms with E-state index in [9.17, 15) is 13.6 Å². The van der Waals surface area contributed by atoms with Crippen molar-refractivity contribution in [3.05, 3.63) is 28.1 Å². The fourth-order valence-corrected chi connectivity index (χ4v) is 1.86. The van der Waals surface area contributed by atoms with Gasteiger partial charge in [-0.3, -0.25) is 0 Å². The lowest BCUT2D eigenvalue weighted by atomic mass is 9.99. The lowest BCUT2D eigenvalue weighted by Gasteiger charge is -2.16. The Hall–Kier alpha value is -1.23. The number of carbonyl (C=O) groups is 1. The molecule has 0 radical (unpaired) electrons. The second-order valence-corrected chi connectivity index (χ2v) is 4.16. The van der Waals surface area contributed by atoms with Crippen molar-refractivity contribution in [3.63, 3.8) is 0 Å². The Morgan fingerprint density at radius 2 is 1.94 bits per heavy atom. The molecule has 0 saturated carbocycles. The number of hydrogen-bond acceptors (Lipinski definition) is 2. The van der Waals surface area contributed by atoms with Gasteiger partial charge in [0, 0.05) is 0 Å². The Bertz CT molecular complexity index is 470. The van der Waals surface area contributed by atoms with Gasteiger partial charge in [0.25, 0.3) is 0 Å². The van der Waals surface area contributed by atoms with Crippen molar-refractivity contribution in [2.75, 3.05) is 0 Å². The van der Waals surface area contributed by atoms with Gasteiger partial charge < -0.3 is 5.11 Å². The molecule has 0 atom stereocenters. The SMILES string of the molecule is CCc1nc(C(F)(F)Cl)c(C)c(C)c1C(=O)O. The zero-order valence-electron chi connectivity index (χ0n) is 9.64. The first-order valence-corrected chi connectivity index (χ1v) is 5.38. The maximum atomic E-state index is 13.1. The van der Waals surface area contributed by atoms with E-state index < -0.39 is 17.0 Å². The number of alkyl halides is 3. The number of hydrogen-bond donors (Lipinski definition) is 1. The van der Waals surface area contributed by atoms with Crippen LogP contribution in [-0.4, -0.2) is 16.1 Å². The van der Waals surface area contributed by atoms with E-state index in [1.807, 2.05) is 0 Å². The first-order valence-electron chi connectivity index (χ1n) is 5.00. The van der Waals surface area contributed by atoms with E-state index in [4.69, 9.17) is 16.7 Å². The number of halogens is 3. The molecule has 3 nitrogen and oxygen atoms in total. The molecular formula is C11H12ClF2NO2. The molecule has 0 aliphatic heterocycles. The number of aromatic nitrogens is 1. The van der Waals surface area contributed by atoms with E-state index in [0.717, 1.165) is 0 Å². The van der Waals surface area contributed by atoms with E-state index in [1.54, 1.807) is 6.92 Å². The van der Waals surface area contributed by atoms with Crippen molar-refractivity contribution in [1.29, 1.82) is 0 Å². The summed E-state index contributed by atoms with van der Waals surface area (Å²) in [5, 5.41) is 5.45. The van der Waals surface area contributed by atoms with Crippen molar-refractivity contribution in [3.8, 4) is 0 Å². The minimum Gasteiger partial charge on any atom is -0.478 e. The Labute approximate surface area is 102 Å². The number of pyridine rings is 1.